The van der Waals surface area contributed by atoms with Gasteiger partial charge in [0.2, 0.25) is 0 Å². The van der Waals surface area contributed by atoms with Gasteiger partial charge in [0.05, 0.1) is 16.1 Å². The minimum absolute atomic E-state index is 0.0925. The fourth-order valence-corrected chi connectivity index (χ4v) is 3.39. The van der Waals surface area contributed by atoms with Gasteiger partial charge in [-0.1, -0.05) is 17.7 Å². The summed E-state index contributed by atoms with van der Waals surface area (Å²) in [6, 6.07) is 15.3. The molecule has 3 rings (SSSR count). The molecule has 9 heteroatoms. The number of rotatable bonds is 8. The lowest BCUT2D eigenvalue weighted by atomic mass is 10.1. The second-order valence-corrected chi connectivity index (χ2v) is 7.87. The van der Waals surface area contributed by atoms with E-state index in [2.05, 4.69) is 26.6 Å². The number of amides is 2. The quantitative estimate of drug-likeness (QED) is 0.369. The van der Waals surface area contributed by atoms with Crippen molar-refractivity contribution in [3.63, 3.8) is 0 Å². The topological polar surface area (TPSA) is 76.7 Å². The maximum Gasteiger partial charge on any atom is 0.255 e. The van der Waals surface area contributed by atoms with Crippen LogP contribution in [-0.4, -0.2) is 32.1 Å². The molecule has 0 spiro atoms. The van der Waals surface area contributed by atoms with E-state index in [1.165, 1.54) is 24.3 Å². The van der Waals surface area contributed by atoms with Gasteiger partial charge < -0.3 is 20.1 Å². The summed E-state index contributed by atoms with van der Waals surface area (Å²) in [7, 11) is 1.59. The Kier molecular flexibility index (Phi) is 8.21. The Morgan fingerprint density at radius 2 is 1.62 bits per heavy atom. The number of carbonyl (C=O) groups is 2. The van der Waals surface area contributed by atoms with Crippen molar-refractivity contribution in [1.82, 2.24) is 0 Å². The van der Waals surface area contributed by atoms with Crippen LogP contribution in [0.1, 0.15) is 20.7 Å². The first-order valence-electron chi connectivity index (χ1n) is 9.46. The van der Waals surface area contributed by atoms with E-state index in [9.17, 15) is 14.0 Å². The Balaban J connectivity index is 1.67. The smallest absolute Gasteiger partial charge is 0.255 e. The second-order valence-electron chi connectivity index (χ2n) is 6.60. The van der Waals surface area contributed by atoms with E-state index in [4.69, 9.17) is 21.1 Å². The number of methoxy groups -OCH3 is 1. The van der Waals surface area contributed by atoms with Gasteiger partial charge in [0.25, 0.3) is 11.8 Å². The normalized spacial score (nSPS) is 10.5. The van der Waals surface area contributed by atoms with E-state index in [0.717, 1.165) is 0 Å². The zero-order valence-electron chi connectivity index (χ0n) is 17.0. The molecule has 0 aliphatic heterocycles. The molecule has 6 nitrogen and oxygen atoms in total. The number of nitrogens with one attached hydrogen (secondary N) is 2. The van der Waals surface area contributed by atoms with Gasteiger partial charge in [-0.3, -0.25) is 9.59 Å². The third kappa shape index (κ3) is 6.29. The van der Waals surface area contributed by atoms with Crippen LogP contribution in [0.5, 0.6) is 5.75 Å². The van der Waals surface area contributed by atoms with E-state index in [-0.39, 0.29) is 10.9 Å². The van der Waals surface area contributed by atoms with Gasteiger partial charge in [0.15, 0.2) is 0 Å². The van der Waals surface area contributed by atoms with Gasteiger partial charge in [-0.15, -0.1) is 0 Å². The minimum Gasteiger partial charge on any atom is -0.490 e. The molecular formula is C23H19BrClFN2O4. The van der Waals surface area contributed by atoms with Crippen molar-refractivity contribution in [2.75, 3.05) is 31.0 Å². The average molecular weight is 522 g/mol. The molecule has 0 saturated heterocycles. The van der Waals surface area contributed by atoms with Crippen molar-refractivity contribution in [3.05, 3.63) is 87.1 Å². The van der Waals surface area contributed by atoms with Crippen LogP contribution in [0.4, 0.5) is 15.8 Å². The maximum atomic E-state index is 13.3. The first-order valence-corrected chi connectivity index (χ1v) is 10.6. The van der Waals surface area contributed by atoms with Crippen molar-refractivity contribution in [1.29, 1.82) is 0 Å². The van der Waals surface area contributed by atoms with Gasteiger partial charge >= 0.3 is 0 Å². The van der Waals surface area contributed by atoms with Crippen molar-refractivity contribution in [2.45, 2.75) is 0 Å². The van der Waals surface area contributed by atoms with Crippen LogP contribution in [0.2, 0.25) is 5.02 Å². The van der Waals surface area contributed by atoms with Crippen LogP contribution in [0, 0.1) is 5.82 Å². The summed E-state index contributed by atoms with van der Waals surface area (Å²) in [5, 5.41) is 5.31. The van der Waals surface area contributed by atoms with Crippen molar-refractivity contribution in [3.8, 4) is 5.75 Å². The molecule has 0 saturated carbocycles. The van der Waals surface area contributed by atoms with Crippen molar-refractivity contribution < 1.29 is 23.5 Å². The first kappa shape index (κ1) is 23.7. The molecule has 0 bridgehead atoms. The van der Waals surface area contributed by atoms with E-state index in [1.54, 1.807) is 43.5 Å². The molecular weight excluding hydrogens is 503 g/mol. The summed E-state index contributed by atoms with van der Waals surface area (Å²) < 4.78 is 24.4. The zero-order chi connectivity index (χ0) is 23.1. The fraction of sp³-hybridized carbons (Fsp3) is 0.130. The summed E-state index contributed by atoms with van der Waals surface area (Å²) >= 11 is 9.14. The maximum absolute atomic E-state index is 13.3. The molecule has 0 radical (unpaired) electrons. The van der Waals surface area contributed by atoms with Crippen LogP contribution >= 0.6 is 27.5 Å². The van der Waals surface area contributed by atoms with Gasteiger partial charge in [-0.05, 0) is 70.5 Å². The summed E-state index contributed by atoms with van der Waals surface area (Å²) in [6.45, 7) is 0.840. The van der Waals surface area contributed by atoms with E-state index < -0.39 is 11.7 Å². The van der Waals surface area contributed by atoms with Crippen molar-refractivity contribution in [2.24, 2.45) is 0 Å². The molecule has 32 heavy (non-hydrogen) atoms. The van der Waals surface area contributed by atoms with Gasteiger partial charge in [0, 0.05) is 29.6 Å². The predicted molar refractivity (Wildman–Crippen MR) is 125 cm³/mol. The summed E-state index contributed by atoms with van der Waals surface area (Å²) in [5.74, 6) is -0.755. The molecule has 0 aliphatic rings. The molecule has 0 atom stereocenters. The number of anilines is 2. The molecule has 0 unspecified atom stereocenters. The van der Waals surface area contributed by atoms with Gasteiger partial charge in [-0.2, -0.15) is 0 Å². The summed E-state index contributed by atoms with van der Waals surface area (Å²) in [6.07, 6.45) is 0. The Morgan fingerprint density at radius 3 is 2.28 bits per heavy atom. The Labute approximate surface area is 197 Å². The second kappa shape index (κ2) is 11.1. The fourth-order valence-electron chi connectivity index (χ4n) is 2.71. The predicted octanol–water partition coefficient (Wildman–Crippen LogP) is 5.77. The van der Waals surface area contributed by atoms with Gasteiger partial charge in [-0.25, -0.2) is 4.39 Å². The Morgan fingerprint density at radius 1 is 0.938 bits per heavy atom. The zero-order valence-corrected chi connectivity index (χ0v) is 19.3. The third-order valence-corrected chi connectivity index (χ3v) is 5.21. The number of benzene rings is 3. The van der Waals surface area contributed by atoms with E-state index >= 15 is 0 Å². The SMILES string of the molecule is COCCOc1ccc(C(=O)Nc2cccc(C(=O)Nc3ccc(F)c(Cl)c3)c2)cc1Br. The Bertz CT molecular complexity index is 1140. The molecule has 2 N–H and O–H groups in total. The molecule has 0 aliphatic carbocycles. The van der Waals surface area contributed by atoms with Crippen molar-refractivity contribution >= 4 is 50.7 Å². The van der Waals surface area contributed by atoms with Crippen LogP contribution in [0.25, 0.3) is 0 Å². The highest BCUT2D eigenvalue weighted by Crippen LogP contribution is 2.26. The number of ether oxygens (including phenoxy) is 2. The molecule has 0 aromatic heterocycles. The van der Waals surface area contributed by atoms with Crippen LogP contribution in [0.3, 0.4) is 0 Å². The lowest BCUT2D eigenvalue weighted by molar-refractivity contribution is 0.101. The third-order valence-electron chi connectivity index (χ3n) is 4.30. The lowest BCUT2D eigenvalue weighted by Gasteiger charge is -2.11. The lowest BCUT2D eigenvalue weighted by Crippen LogP contribution is -2.15. The number of hydrogen-bond donors (Lipinski definition) is 2. The van der Waals surface area contributed by atoms with E-state index in [0.29, 0.717) is 45.9 Å². The minimum atomic E-state index is -0.574. The standard InChI is InChI=1S/C23H19BrClFN2O4/c1-31-9-10-32-21-8-5-15(12-18(21)24)23(30)27-16-4-2-3-14(11-16)22(29)28-17-6-7-20(26)19(25)13-17/h2-8,11-13H,9-10H2,1H3,(H,27,30)(H,28,29). The molecule has 3 aromatic carbocycles. The highest BCUT2D eigenvalue weighted by Gasteiger charge is 2.12. The monoisotopic (exact) mass is 520 g/mol. The molecule has 0 fully saturated rings. The highest BCUT2D eigenvalue weighted by atomic mass is 79.9. The van der Waals surface area contributed by atoms with Gasteiger partial charge in [0.1, 0.15) is 18.2 Å². The summed E-state index contributed by atoms with van der Waals surface area (Å²) in [4.78, 5) is 25.2. The summed E-state index contributed by atoms with van der Waals surface area (Å²) in [5.41, 5.74) is 1.52. The molecule has 3 aromatic rings. The molecule has 2 amide bonds. The highest BCUT2D eigenvalue weighted by molar-refractivity contribution is 9.10. The van der Waals surface area contributed by atoms with Crippen LogP contribution in [0.15, 0.2) is 65.1 Å². The number of carbonyl (C=O) groups excluding carboxylic acids is 2. The first-order chi connectivity index (χ1) is 15.4. The molecule has 166 valence electrons. The largest absolute Gasteiger partial charge is 0.490 e. The number of hydrogen-bond acceptors (Lipinski definition) is 4. The van der Waals surface area contributed by atoms with E-state index in [1.807, 2.05) is 0 Å². The Hall–Kier alpha value is -2.94. The number of halogens is 3. The average Bonchev–Trinajstić information content (AvgIpc) is 2.77. The van der Waals surface area contributed by atoms with Crippen LogP contribution < -0.4 is 15.4 Å². The van der Waals surface area contributed by atoms with Crippen LogP contribution in [-0.2, 0) is 4.74 Å². The molecule has 0 heterocycles.